The fourth-order valence-corrected chi connectivity index (χ4v) is 1.96. The van der Waals surface area contributed by atoms with E-state index in [2.05, 4.69) is 16.0 Å². The first-order valence-corrected chi connectivity index (χ1v) is 5.59. The molecule has 1 aromatic rings. The number of rotatable bonds is 2. The minimum absolute atomic E-state index is 0.107. The van der Waals surface area contributed by atoms with Crippen LogP contribution in [-0.2, 0) is 0 Å². The zero-order valence-corrected chi connectivity index (χ0v) is 8.89. The Kier molecular flexibility index (Phi) is 3.45. The predicted molar refractivity (Wildman–Crippen MR) is 60.1 cm³/mol. The summed E-state index contributed by atoms with van der Waals surface area (Å²) in [5, 5.41) is 0. The van der Waals surface area contributed by atoms with E-state index in [1.807, 2.05) is 6.07 Å². The van der Waals surface area contributed by atoms with E-state index in [0.29, 0.717) is 0 Å². The maximum absolute atomic E-state index is 6.15. The van der Waals surface area contributed by atoms with Crippen molar-refractivity contribution in [2.45, 2.75) is 38.1 Å². The molecular weight excluding hydrogens is 186 g/mol. The minimum atomic E-state index is -0.107. The lowest BCUT2D eigenvalue weighted by Gasteiger charge is -2.13. The second kappa shape index (κ2) is 5.03. The number of hydrogen-bond donors (Lipinski definition) is 1. The van der Waals surface area contributed by atoms with Crippen LogP contribution in [0.5, 0.6) is 0 Å². The van der Waals surface area contributed by atoms with Gasteiger partial charge in [-0.15, -0.1) is 0 Å². The number of allylic oxidation sites excluding steroid dienone is 1. The second-order valence-corrected chi connectivity index (χ2v) is 3.96. The van der Waals surface area contributed by atoms with Crippen molar-refractivity contribution < 1.29 is 0 Å². The van der Waals surface area contributed by atoms with Crippen molar-refractivity contribution >= 4 is 0 Å². The van der Waals surface area contributed by atoms with Gasteiger partial charge >= 0.3 is 0 Å². The lowest BCUT2D eigenvalue weighted by Crippen LogP contribution is -2.16. The van der Waals surface area contributed by atoms with Gasteiger partial charge in [-0.25, -0.2) is 9.97 Å². The van der Waals surface area contributed by atoms with Crippen LogP contribution in [0.25, 0.3) is 0 Å². The quantitative estimate of drug-likeness (QED) is 0.751. The standard InChI is InChI=1S/C12H17N3/c13-11(12-14-8-5-9-15-12)10-6-3-1-2-4-7-10/h5-6,8-9,11H,1-4,7,13H2. The van der Waals surface area contributed by atoms with Crippen molar-refractivity contribution in [2.75, 3.05) is 0 Å². The summed E-state index contributed by atoms with van der Waals surface area (Å²) in [6.07, 6.45) is 11.9. The lowest BCUT2D eigenvalue weighted by atomic mass is 10.0. The van der Waals surface area contributed by atoms with Crippen LogP contribution in [0.1, 0.15) is 44.0 Å². The minimum Gasteiger partial charge on any atom is -0.318 e. The fraction of sp³-hybridized carbons (Fsp3) is 0.500. The van der Waals surface area contributed by atoms with Gasteiger partial charge in [-0.05, 0) is 37.3 Å². The van der Waals surface area contributed by atoms with E-state index in [1.165, 1.54) is 24.8 Å². The summed E-state index contributed by atoms with van der Waals surface area (Å²) in [4.78, 5) is 8.42. The van der Waals surface area contributed by atoms with Gasteiger partial charge in [0.05, 0.1) is 6.04 Å². The summed E-state index contributed by atoms with van der Waals surface area (Å²) in [5.74, 6) is 0.741. The van der Waals surface area contributed by atoms with Gasteiger partial charge in [0.2, 0.25) is 0 Å². The highest BCUT2D eigenvalue weighted by Gasteiger charge is 2.14. The van der Waals surface area contributed by atoms with Crippen molar-refractivity contribution in [1.29, 1.82) is 0 Å². The van der Waals surface area contributed by atoms with Crippen LogP contribution < -0.4 is 5.73 Å². The van der Waals surface area contributed by atoms with Crippen LogP contribution >= 0.6 is 0 Å². The number of nitrogens with two attached hydrogens (primary N) is 1. The first-order valence-electron chi connectivity index (χ1n) is 5.59. The molecular formula is C12H17N3. The van der Waals surface area contributed by atoms with E-state index in [9.17, 15) is 0 Å². The van der Waals surface area contributed by atoms with Crippen LogP contribution in [0.4, 0.5) is 0 Å². The third-order valence-corrected chi connectivity index (χ3v) is 2.84. The first kappa shape index (κ1) is 10.3. The van der Waals surface area contributed by atoms with Gasteiger partial charge in [-0.3, -0.25) is 0 Å². The fourth-order valence-electron chi connectivity index (χ4n) is 1.96. The molecule has 3 heteroatoms. The lowest BCUT2D eigenvalue weighted by molar-refractivity contribution is 0.672. The molecule has 0 bridgehead atoms. The normalized spacial score (nSPS) is 19.1. The highest BCUT2D eigenvalue weighted by Crippen LogP contribution is 2.25. The number of nitrogens with zero attached hydrogens (tertiary/aromatic N) is 2. The molecule has 1 heterocycles. The molecule has 1 aliphatic rings. The molecule has 0 aliphatic heterocycles. The largest absolute Gasteiger partial charge is 0.318 e. The third kappa shape index (κ3) is 2.63. The van der Waals surface area contributed by atoms with Gasteiger partial charge in [0.25, 0.3) is 0 Å². The zero-order valence-electron chi connectivity index (χ0n) is 8.89. The average molecular weight is 203 g/mol. The SMILES string of the molecule is NC(C1=CCCCCC1)c1ncccn1. The Morgan fingerprint density at radius 3 is 2.73 bits per heavy atom. The molecule has 3 nitrogen and oxygen atoms in total. The molecule has 0 fully saturated rings. The van der Waals surface area contributed by atoms with Gasteiger partial charge < -0.3 is 5.73 Å². The van der Waals surface area contributed by atoms with Crippen LogP contribution in [0, 0.1) is 0 Å². The second-order valence-electron chi connectivity index (χ2n) is 3.96. The van der Waals surface area contributed by atoms with Gasteiger partial charge in [-0.1, -0.05) is 12.5 Å². The Balaban J connectivity index is 2.13. The molecule has 0 radical (unpaired) electrons. The van der Waals surface area contributed by atoms with E-state index in [1.54, 1.807) is 12.4 Å². The van der Waals surface area contributed by atoms with Crippen molar-refractivity contribution in [3.05, 3.63) is 35.9 Å². The molecule has 2 N–H and O–H groups in total. The van der Waals surface area contributed by atoms with Crippen molar-refractivity contribution in [1.82, 2.24) is 9.97 Å². The van der Waals surface area contributed by atoms with Crippen LogP contribution in [0.3, 0.4) is 0 Å². The summed E-state index contributed by atoms with van der Waals surface area (Å²) < 4.78 is 0. The summed E-state index contributed by atoms with van der Waals surface area (Å²) >= 11 is 0. The Morgan fingerprint density at radius 1 is 1.13 bits per heavy atom. The van der Waals surface area contributed by atoms with Crippen molar-refractivity contribution in [3.8, 4) is 0 Å². The molecule has 0 saturated heterocycles. The van der Waals surface area contributed by atoms with E-state index in [-0.39, 0.29) is 6.04 Å². The van der Waals surface area contributed by atoms with Gasteiger partial charge in [-0.2, -0.15) is 0 Å². The highest BCUT2D eigenvalue weighted by atomic mass is 14.9. The number of aromatic nitrogens is 2. The molecule has 1 atom stereocenters. The van der Waals surface area contributed by atoms with Gasteiger partial charge in [0, 0.05) is 12.4 Å². The van der Waals surface area contributed by atoms with E-state index in [4.69, 9.17) is 5.73 Å². The number of hydrogen-bond acceptors (Lipinski definition) is 3. The van der Waals surface area contributed by atoms with Crippen molar-refractivity contribution in [2.24, 2.45) is 5.73 Å². The predicted octanol–water partition coefficient (Wildman–Crippen LogP) is 2.37. The topological polar surface area (TPSA) is 51.8 Å². The maximum Gasteiger partial charge on any atom is 0.149 e. The summed E-state index contributed by atoms with van der Waals surface area (Å²) in [6, 6.07) is 1.71. The molecule has 1 aliphatic carbocycles. The van der Waals surface area contributed by atoms with Crippen LogP contribution in [0.2, 0.25) is 0 Å². The Hall–Kier alpha value is -1.22. The molecule has 0 aromatic carbocycles. The van der Waals surface area contributed by atoms with Crippen LogP contribution in [0.15, 0.2) is 30.1 Å². The van der Waals surface area contributed by atoms with E-state index >= 15 is 0 Å². The Morgan fingerprint density at radius 2 is 1.93 bits per heavy atom. The van der Waals surface area contributed by atoms with E-state index < -0.39 is 0 Å². The molecule has 1 aromatic heterocycles. The summed E-state index contributed by atoms with van der Waals surface area (Å²) in [5.41, 5.74) is 7.45. The Bertz CT molecular complexity index is 332. The molecule has 80 valence electrons. The third-order valence-electron chi connectivity index (χ3n) is 2.84. The van der Waals surface area contributed by atoms with Gasteiger partial charge in [0.15, 0.2) is 0 Å². The van der Waals surface area contributed by atoms with E-state index in [0.717, 1.165) is 18.7 Å². The zero-order chi connectivity index (χ0) is 10.5. The Labute approximate surface area is 90.4 Å². The molecule has 0 amide bonds. The molecule has 0 saturated carbocycles. The average Bonchev–Trinajstić information content (AvgIpc) is 2.58. The molecule has 0 spiro atoms. The molecule has 1 unspecified atom stereocenters. The first-order chi connectivity index (χ1) is 7.38. The smallest absolute Gasteiger partial charge is 0.149 e. The summed E-state index contributed by atoms with van der Waals surface area (Å²) in [7, 11) is 0. The maximum atomic E-state index is 6.15. The molecule has 2 rings (SSSR count). The monoisotopic (exact) mass is 203 g/mol. The van der Waals surface area contributed by atoms with Gasteiger partial charge in [0.1, 0.15) is 5.82 Å². The summed E-state index contributed by atoms with van der Waals surface area (Å²) in [6.45, 7) is 0. The highest BCUT2D eigenvalue weighted by molar-refractivity contribution is 5.17. The van der Waals surface area contributed by atoms with Crippen LogP contribution in [-0.4, -0.2) is 9.97 Å². The van der Waals surface area contributed by atoms with Crippen molar-refractivity contribution in [3.63, 3.8) is 0 Å². The molecule has 15 heavy (non-hydrogen) atoms.